The third-order valence-electron chi connectivity index (χ3n) is 5.44. The Hall–Kier alpha value is -0.450. The normalized spacial score (nSPS) is 36.5. The van der Waals surface area contributed by atoms with Gasteiger partial charge in [-0.2, -0.15) is 0 Å². The Morgan fingerprint density at radius 1 is 1.35 bits per heavy atom. The molecule has 3 atom stereocenters. The summed E-state index contributed by atoms with van der Waals surface area (Å²) >= 11 is 1.96. The standard InChI is InChI=1S/C16H25N3S/c1-3-14-11(2)20-15(17-14)16(18-13-4-5-13)7-9-19-8-6-12(16)10-19/h12-13,18H,3-10H2,1-2H3. The maximum Gasteiger partial charge on any atom is 0.114 e. The van der Waals surface area contributed by atoms with Gasteiger partial charge in [-0.1, -0.05) is 6.92 Å². The van der Waals surface area contributed by atoms with E-state index in [0.29, 0.717) is 0 Å². The third kappa shape index (κ3) is 2.04. The number of piperidine rings is 1. The smallest absolute Gasteiger partial charge is 0.114 e. The van der Waals surface area contributed by atoms with Crippen molar-refractivity contribution in [3.05, 3.63) is 15.6 Å². The van der Waals surface area contributed by atoms with Crippen molar-refractivity contribution in [3.8, 4) is 0 Å². The second-order valence-corrected chi connectivity index (χ2v) is 8.00. The average molecular weight is 291 g/mol. The van der Waals surface area contributed by atoms with Crippen LogP contribution in [0.5, 0.6) is 0 Å². The van der Waals surface area contributed by atoms with Crippen molar-refractivity contribution >= 4 is 11.3 Å². The molecule has 0 radical (unpaired) electrons. The minimum absolute atomic E-state index is 0.191. The Morgan fingerprint density at radius 3 is 2.90 bits per heavy atom. The molecule has 0 aromatic carbocycles. The number of thiazole rings is 1. The molecule has 2 aliphatic heterocycles. The number of hydrogen-bond acceptors (Lipinski definition) is 4. The van der Waals surface area contributed by atoms with Gasteiger partial charge in [0, 0.05) is 24.0 Å². The lowest BCUT2D eigenvalue weighted by atomic mass is 9.79. The Bertz CT molecular complexity index is 508. The predicted octanol–water partition coefficient (Wildman–Crippen LogP) is 2.69. The van der Waals surface area contributed by atoms with Gasteiger partial charge >= 0.3 is 0 Å². The highest BCUT2D eigenvalue weighted by Crippen LogP contribution is 2.46. The summed E-state index contributed by atoms with van der Waals surface area (Å²) in [5, 5.41) is 5.43. The molecule has 1 aromatic rings. The van der Waals surface area contributed by atoms with E-state index in [1.165, 1.54) is 60.9 Å². The van der Waals surface area contributed by atoms with Crippen molar-refractivity contribution in [1.29, 1.82) is 0 Å². The Labute approximate surface area is 125 Å². The lowest BCUT2D eigenvalue weighted by Gasteiger charge is -2.42. The topological polar surface area (TPSA) is 28.2 Å². The van der Waals surface area contributed by atoms with Crippen LogP contribution in [0.1, 0.15) is 48.2 Å². The number of fused-ring (bicyclic) bond motifs is 2. The molecule has 1 aromatic heterocycles. The second-order valence-electron chi connectivity index (χ2n) is 6.80. The van der Waals surface area contributed by atoms with Gasteiger partial charge in [-0.05, 0) is 51.5 Å². The summed E-state index contributed by atoms with van der Waals surface area (Å²) in [4.78, 5) is 9.13. The van der Waals surface area contributed by atoms with Gasteiger partial charge < -0.3 is 10.2 Å². The summed E-state index contributed by atoms with van der Waals surface area (Å²) < 4.78 is 0. The number of rotatable bonds is 4. The molecule has 3 unspecified atom stereocenters. The van der Waals surface area contributed by atoms with Crippen LogP contribution in [-0.2, 0) is 12.0 Å². The summed E-state index contributed by atoms with van der Waals surface area (Å²) in [5.41, 5.74) is 1.51. The van der Waals surface area contributed by atoms with Crippen LogP contribution in [0.4, 0.5) is 0 Å². The van der Waals surface area contributed by atoms with Crippen molar-refractivity contribution < 1.29 is 0 Å². The molecule has 3 aliphatic rings. The van der Waals surface area contributed by atoms with Crippen LogP contribution in [0.15, 0.2) is 0 Å². The number of nitrogens with one attached hydrogen (secondary N) is 1. The second kappa shape index (κ2) is 4.79. The fourth-order valence-corrected chi connectivity index (χ4v) is 5.31. The van der Waals surface area contributed by atoms with Gasteiger partial charge in [0.25, 0.3) is 0 Å². The first-order valence-electron chi connectivity index (χ1n) is 8.18. The SMILES string of the molecule is CCc1nc(C2(NC3CC3)CCN3CCC2C3)sc1C. The summed E-state index contributed by atoms with van der Waals surface area (Å²) in [6, 6.07) is 0.761. The van der Waals surface area contributed by atoms with Crippen LogP contribution in [0, 0.1) is 12.8 Å². The molecule has 1 N–H and O–H groups in total. The molecule has 2 saturated heterocycles. The minimum Gasteiger partial charge on any atom is -0.303 e. The molecule has 110 valence electrons. The van der Waals surface area contributed by atoms with Crippen LogP contribution in [0.3, 0.4) is 0 Å². The molecular weight excluding hydrogens is 266 g/mol. The van der Waals surface area contributed by atoms with Gasteiger partial charge in [-0.25, -0.2) is 4.98 Å². The fraction of sp³-hybridized carbons (Fsp3) is 0.812. The molecule has 1 aliphatic carbocycles. The molecule has 1 saturated carbocycles. The minimum atomic E-state index is 0.191. The van der Waals surface area contributed by atoms with Gasteiger partial charge in [0.05, 0.1) is 11.2 Å². The number of nitrogens with zero attached hydrogens (tertiary/aromatic N) is 2. The average Bonchev–Trinajstić information content (AvgIpc) is 3.04. The van der Waals surface area contributed by atoms with E-state index in [0.717, 1.165) is 18.4 Å². The van der Waals surface area contributed by atoms with E-state index in [1.54, 1.807) is 0 Å². The van der Waals surface area contributed by atoms with Gasteiger partial charge in [0.15, 0.2) is 0 Å². The molecule has 4 heteroatoms. The van der Waals surface area contributed by atoms with Gasteiger partial charge in [0.1, 0.15) is 5.01 Å². The van der Waals surface area contributed by atoms with Crippen LogP contribution >= 0.6 is 11.3 Å². The van der Waals surface area contributed by atoms with Gasteiger partial charge in [-0.3, -0.25) is 0 Å². The van der Waals surface area contributed by atoms with Crippen LogP contribution < -0.4 is 5.32 Å². The first kappa shape index (κ1) is 13.2. The molecule has 2 bridgehead atoms. The van der Waals surface area contributed by atoms with Crippen molar-refractivity contribution in [2.45, 2.75) is 57.5 Å². The van der Waals surface area contributed by atoms with E-state index in [2.05, 4.69) is 24.1 Å². The summed E-state index contributed by atoms with van der Waals surface area (Å²) in [5.74, 6) is 0.770. The van der Waals surface area contributed by atoms with Crippen LogP contribution in [-0.4, -0.2) is 35.6 Å². The monoisotopic (exact) mass is 291 g/mol. The highest BCUT2D eigenvalue weighted by atomic mass is 32.1. The predicted molar refractivity (Wildman–Crippen MR) is 83.2 cm³/mol. The zero-order valence-electron chi connectivity index (χ0n) is 12.6. The Kier molecular flexibility index (Phi) is 3.17. The molecule has 0 spiro atoms. The molecular formula is C16H25N3S. The lowest BCUT2D eigenvalue weighted by Crippen LogP contribution is -2.54. The maximum atomic E-state index is 5.06. The first-order valence-corrected chi connectivity index (χ1v) is 9.00. The summed E-state index contributed by atoms with van der Waals surface area (Å²) in [7, 11) is 0. The van der Waals surface area contributed by atoms with Gasteiger partial charge in [0.2, 0.25) is 0 Å². The van der Waals surface area contributed by atoms with E-state index in [-0.39, 0.29) is 5.54 Å². The molecule has 3 heterocycles. The number of hydrogen-bond donors (Lipinski definition) is 1. The quantitative estimate of drug-likeness (QED) is 0.924. The fourth-order valence-electron chi connectivity index (χ4n) is 4.05. The van der Waals surface area contributed by atoms with Crippen LogP contribution in [0.25, 0.3) is 0 Å². The highest BCUT2D eigenvalue weighted by molar-refractivity contribution is 7.11. The van der Waals surface area contributed by atoms with Crippen molar-refractivity contribution in [3.63, 3.8) is 0 Å². The molecule has 0 amide bonds. The third-order valence-corrected chi connectivity index (χ3v) is 6.63. The van der Waals surface area contributed by atoms with E-state index < -0.39 is 0 Å². The van der Waals surface area contributed by atoms with E-state index in [1.807, 2.05) is 11.3 Å². The van der Waals surface area contributed by atoms with Crippen LogP contribution in [0.2, 0.25) is 0 Å². The van der Waals surface area contributed by atoms with E-state index in [4.69, 9.17) is 4.98 Å². The van der Waals surface area contributed by atoms with Crippen molar-refractivity contribution in [2.24, 2.45) is 5.92 Å². The number of aromatic nitrogens is 1. The van der Waals surface area contributed by atoms with Gasteiger partial charge in [-0.15, -0.1) is 11.3 Å². The zero-order chi connectivity index (χ0) is 13.7. The largest absolute Gasteiger partial charge is 0.303 e. The molecule has 4 rings (SSSR count). The van der Waals surface area contributed by atoms with E-state index in [9.17, 15) is 0 Å². The number of aryl methyl sites for hydroxylation is 2. The first-order chi connectivity index (χ1) is 9.71. The molecule has 20 heavy (non-hydrogen) atoms. The Balaban J connectivity index is 1.73. The van der Waals surface area contributed by atoms with Crippen molar-refractivity contribution in [2.75, 3.05) is 19.6 Å². The summed E-state index contributed by atoms with van der Waals surface area (Å²) in [6.07, 6.45) is 6.40. The molecule has 3 nitrogen and oxygen atoms in total. The lowest BCUT2D eigenvalue weighted by molar-refractivity contribution is 0.127. The summed E-state index contributed by atoms with van der Waals surface area (Å²) in [6.45, 7) is 8.29. The highest BCUT2D eigenvalue weighted by Gasteiger charge is 2.51. The van der Waals surface area contributed by atoms with E-state index >= 15 is 0 Å². The molecule has 3 fully saturated rings. The Morgan fingerprint density at radius 2 is 2.20 bits per heavy atom. The maximum absolute atomic E-state index is 5.06. The zero-order valence-corrected chi connectivity index (χ0v) is 13.4. The van der Waals surface area contributed by atoms with Crippen molar-refractivity contribution in [1.82, 2.24) is 15.2 Å².